The van der Waals surface area contributed by atoms with Gasteiger partial charge in [-0.25, -0.2) is 17.9 Å². The van der Waals surface area contributed by atoms with Crippen LogP contribution in [0, 0.1) is 5.92 Å². The molecule has 3 rings (SSSR count). The van der Waals surface area contributed by atoms with E-state index in [-0.39, 0.29) is 5.75 Å². The number of benzene rings is 1. The number of aryl methyl sites for hydroxylation is 1. The first-order valence-electron chi connectivity index (χ1n) is 9.25. The smallest absolute Gasteiger partial charge is 0.338 e. The molecule has 1 aromatic carbocycles. The van der Waals surface area contributed by atoms with Crippen LogP contribution in [0.2, 0.25) is 0 Å². The third kappa shape index (κ3) is 4.34. The Morgan fingerprint density at radius 2 is 1.93 bits per heavy atom. The van der Waals surface area contributed by atoms with Gasteiger partial charge in [-0.2, -0.15) is 0 Å². The number of carboxylic acid groups (broad SMARTS) is 1. The number of hydrogen-bond acceptors (Lipinski definition) is 4. The van der Waals surface area contributed by atoms with Crippen molar-refractivity contribution in [2.24, 2.45) is 13.0 Å². The predicted octanol–water partition coefficient (Wildman–Crippen LogP) is 1.68. The zero-order valence-corrected chi connectivity index (χ0v) is 16.6. The molecule has 1 aliphatic rings. The molecule has 0 radical (unpaired) electrons. The molecular weight excluding hydrogens is 366 g/mol. The van der Waals surface area contributed by atoms with Crippen LogP contribution >= 0.6 is 0 Å². The second-order valence-electron chi connectivity index (χ2n) is 7.22. The first kappa shape index (κ1) is 19.9. The molecule has 0 bridgehead atoms. The number of carbonyl (C=O) groups is 1. The first-order valence-corrected chi connectivity index (χ1v) is 10.9. The molecule has 1 fully saturated rings. The summed E-state index contributed by atoms with van der Waals surface area (Å²) < 4.78 is 27.5. The molecule has 1 saturated heterocycles. The van der Waals surface area contributed by atoms with Gasteiger partial charge < -0.3 is 14.6 Å². The molecule has 2 N–H and O–H groups in total. The number of para-hydroxylation sites is 1. The fourth-order valence-electron chi connectivity index (χ4n) is 3.96. The molecule has 27 heavy (non-hydrogen) atoms. The zero-order chi connectivity index (χ0) is 19.6. The number of hydrogen-bond donors (Lipinski definition) is 2. The van der Waals surface area contributed by atoms with Gasteiger partial charge >= 0.3 is 5.97 Å². The highest BCUT2D eigenvalue weighted by molar-refractivity contribution is 7.89. The highest BCUT2D eigenvalue weighted by Crippen LogP contribution is 2.30. The number of carboxylic acids is 1. The number of piperidine rings is 1. The van der Waals surface area contributed by atoms with Crippen LogP contribution in [0.15, 0.2) is 24.3 Å². The summed E-state index contributed by atoms with van der Waals surface area (Å²) in [4.78, 5) is 14.0. The van der Waals surface area contributed by atoms with Crippen molar-refractivity contribution in [1.82, 2.24) is 14.2 Å². The molecule has 0 spiro atoms. The number of likely N-dealkylation sites (tertiary alicyclic amines) is 1. The van der Waals surface area contributed by atoms with E-state index >= 15 is 0 Å². The molecule has 0 saturated carbocycles. The largest absolute Gasteiger partial charge is 0.478 e. The van der Waals surface area contributed by atoms with Crippen LogP contribution in [0.3, 0.4) is 0 Å². The van der Waals surface area contributed by atoms with Crippen LogP contribution in [0.5, 0.6) is 0 Å². The maximum atomic E-state index is 11.9. The lowest BCUT2D eigenvalue weighted by molar-refractivity contribution is 0.0697. The topological polar surface area (TPSA) is 91.6 Å². The lowest BCUT2D eigenvalue weighted by Gasteiger charge is -2.32. The third-order valence-electron chi connectivity index (χ3n) is 5.62. The minimum Gasteiger partial charge on any atom is -0.478 e. The molecule has 0 atom stereocenters. The van der Waals surface area contributed by atoms with E-state index in [1.807, 2.05) is 35.9 Å². The van der Waals surface area contributed by atoms with Crippen molar-refractivity contribution in [3.8, 4) is 0 Å². The molecule has 7 nitrogen and oxygen atoms in total. The van der Waals surface area contributed by atoms with E-state index in [4.69, 9.17) is 0 Å². The quantitative estimate of drug-likeness (QED) is 0.747. The number of fused-ring (bicyclic) bond motifs is 1. The number of rotatable bonds is 7. The van der Waals surface area contributed by atoms with Gasteiger partial charge in [0, 0.05) is 30.2 Å². The molecule has 2 heterocycles. The van der Waals surface area contributed by atoms with E-state index in [1.165, 1.54) is 7.05 Å². The van der Waals surface area contributed by atoms with Crippen molar-refractivity contribution in [1.29, 1.82) is 0 Å². The molecule has 0 amide bonds. The second-order valence-corrected chi connectivity index (χ2v) is 9.26. The van der Waals surface area contributed by atoms with Crippen LogP contribution < -0.4 is 4.72 Å². The predicted molar refractivity (Wildman–Crippen MR) is 106 cm³/mol. The van der Waals surface area contributed by atoms with Crippen LogP contribution in [0.25, 0.3) is 10.9 Å². The summed E-state index contributed by atoms with van der Waals surface area (Å²) in [6.07, 6.45) is 2.62. The summed E-state index contributed by atoms with van der Waals surface area (Å²) in [6.45, 7) is 2.22. The van der Waals surface area contributed by atoms with Gasteiger partial charge in [-0.3, -0.25) is 0 Å². The van der Waals surface area contributed by atoms with Crippen LogP contribution in [-0.4, -0.2) is 61.4 Å². The molecule has 2 aromatic rings. The van der Waals surface area contributed by atoms with Gasteiger partial charge in [0.25, 0.3) is 0 Å². The van der Waals surface area contributed by atoms with Gasteiger partial charge in [0.15, 0.2) is 0 Å². The fraction of sp³-hybridized carbons (Fsp3) is 0.526. The highest BCUT2D eigenvalue weighted by atomic mass is 32.2. The Labute approximate surface area is 160 Å². The maximum Gasteiger partial charge on any atom is 0.338 e. The number of sulfonamides is 1. The minimum absolute atomic E-state index is 0.112. The summed E-state index contributed by atoms with van der Waals surface area (Å²) in [5.74, 6) is -0.361. The Hall–Kier alpha value is -1.90. The molecule has 8 heteroatoms. The molecule has 0 aliphatic carbocycles. The van der Waals surface area contributed by atoms with Crippen LogP contribution in [0.1, 0.15) is 28.9 Å². The highest BCUT2D eigenvalue weighted by Gasteiger charge is 2.26. The van der Waals surface area contributed by atoms with Gasteiger partial charge in [0.05, 0.1) is 11.3 Å². The molecule has 1 aromatic heterocycles. The summed E-state index contributed by atoms with van der Waals surface area (Å²) in [5, 5.41) is 10.5. The first-order chi connectivity index (χ1) is 12.8. The monoisotopic (exact) mass is 393 g/mol. The number of aromatic nitrogens is 1. The molecule has 148 valence electrons. The van der Waals surface area contributed by atoms with Crippen molar-refractivity contribution in [2.45, 2.75) is 19.3 Å². The third-order valence-corrected chi connectivity index (χ3v) is 6.96. The summed E-state index contributed by atoms with van der Waals surface area (Å²) >= 11 is 0. The fourth-order valence-corrected chi connectivity index (χ4v) is 4.67. The molecule has 0 unspecified atom stereocenters. The lowest BCUT2D eigenvalue weighted by atomic mass is 9.91. The van der Waals surface area contributed by atoms with E-state index in [0.717, 1.165) is 48.9 Å². The summed E-state index contributed by atoms with van der Waals surface area (Å²) in [6, 6.07) is 7.62. The number of nitrogens with zero attached hydrogens (tertiary/aromatic N) is 2. The summed E-state index contributed by atoms with van der Waals surface area (Å²) in [7, 11) is 0.192. The average Bonchev–Trinajstić information content (AvgIpc) is 2.94. The minimum atomic E-state index is -3.18. The van der Waals surface area contributed by atoms with E-state index in [1.54, 1.807) is 0 Å². The van der Waals surface area contributed by atoms with Crippen molar-refractivity contribution in [3.05, 3.63) is 35.5 Å². The Kier molecular flexibility index (Phi) is 5.88. The second kappa shape index (κ2) is 8.00. The number of nitrogens with one attached hydrogen (secondary N) is 1. The van der Waals surface area contributed by atoms with Crippen molar-refractivity contribution in [3.63, 3.8) is 0 Å². The van der Waals surface area contributed by atoms with Gasteiger partial charge in [-0.1, -0.05) is 18.2 Å². The molecular formula is C19H27N3O4S. The van der Waals surface area contributed by atoms with E-state index in [2.05, 4.69) is 9.62 Å². The summed E-state index contributed by atoms with van der Waals surface area (Å²) in [5.41, 5.74) is 2.23. The SMILES string of the molecule is CNS(=O)(=O)CCN1CCC(Cc2c(C(=O)O)c3ccccc3n2C)CC1. The van der Waals surface area contributed by atoms with Crippen molar-refractivity contribution < 1.29 is 18.3 Å². The Balaban J connectivity index is 1.68. The zero-order valence-electron chi connectivity index (χ0n) is 15.8. The van der Waals surface area contributed by atoms with Crippen LogP contribution in [-0.2, 0) is 23.5 Å². The lowest BCUT2D eigenvalue weighted by Crippen LogP contribution is -2.39. The van der Waals surface area contributed by atoms with Gasteiger partial charge in [0.1, 0.15) is 0 Å². The normalized spacial score (nSPS) is 16.8. The van der Waals surface area contributed by atoms with Gasteiger partial charge in [0.2, 0.25) is 10.0 Å². The molecule has 1 aliphatic heterocycles. The van der Waals surface area contributed by atoms with E-state index < -0.39 is 16.0 Å². The maximum absolute atomic E-state index is 11.9. The van der Waals surface area contributed by atoms with Gasteiger partial charge in [-0.15, -0.1) is 0 Å². The average molecular weight is 394 g/mol. The van der Waals surface area contributed by atoms with Crippen molar-refractivity contribution >= 4 is 26.9 Å². The van der Waals surface area contributed by atoms with Crippen LogP contribution in [0.4, 0.5) is 0 Å². The number of aromatic carboxylic acids is 1. The Bertz CT molecular complexity index is 928. The van der Waals surface area contributed by atoms with E-state index in [0.29, 0.717) is 18.0 Å². The van der Waals surface area contributed by atoms with Gasteiger partial charge in [-0.05, 0) is 51.4 Å². The Morgan fingerprint density at radius 3 is 2.56 bits per heavy atom. The van der Waals surface area contributed by atoms with Crippen molar-refractivity contribution in [2.75, 3.05) is 32.4 Å². The Morgan fingerprint density at radius 1 is 1.26 bits per heavy atom. The standard InChI is InChI=1S/C19H27N3O4S/c1-20-27(25,26)12-11-22-9-7-14(8-10-22)13-17-18(19(23)24)15-5-3-4-6-16(15)21(17)2/h3-6,14,20H,7-13H2,1-2H3,(H,23,24). The van der Waals surface area contributed by atoms with E-state index in [9.17, 15) is 18.3 Å².